The molecule has 0 amide bonds. The molecule has 1 atom stereocenters. The lowest BCUT2D eigenvalue weighted by atomic mass is 9.95. The van der Waals surface area contributed by atoms with Crippen molar-refractivity contribution in [2.75, 3.05) is 12.4 Å². The summed E-state index contributed by atoms with van der Waals surface area (Å²) in [6.07, 6.45) is 0.658. The van der Waals surface area contributed by atoms with E-state index in [4.69, 9.17) is 21.5 Å². The summed E-state index contributed by atoms with van der Waals surface area (Å²) < 4.78 is 27.6. The summed E-state index contributed by atoms with van der Waals surface area (Å²) in [5, 5.41) is 5.64. The zero-order chi connectivity index (χ0) is 11.8. The number of nitrogens with two attached hydrogens (primary N) is 1. The average Bonchev–Trinajstić information content (AvgIpc) is 2.15. The van der Waals surface area contributed by atoms with Gasteiger partial charge in [-0.15, -0.1) is 0 Å². The third-order valence-electron chi connectivity index (χ3n) is 2.57. The predicted octanol–water partition coefficient (Wildman–Crippen LogP) is 1.49. The van der Waals surface area contributed by atoms with E-state index < -0.39 is 10.0 Å². The fraction of sp³-hybridized carbons (Fsp3) is 0.400. The molecule has 88 valence electrons. The van der Waals surface area contributed by atoms with Gasteiger partial charge in [-0.3, -0.25) is 0 Å². The van der Waals surface area contributed by atoms with Gasteiger partial charge in [0, 0.05) is 10.9 Å². The van der Waals surface area contributed by atoms with Crippen molar-refractivity contribution in [3.05, 3.63) is 28.8 Å². The van der Waals surface area contributed by atoms with Crippen LogP contribution in [0, 0.1) is 0 Å². The van der Waals surface area contributed by atoms with Gasteiger partial charge in [0.1, 0.15) is 5.75 Å². The molecule has 4 nitrogen and oxygen atoms in total. The molecular formula is C10H12ClNO3S. The molecule has 0 radical (unpaired) electrons. The summed E-state index contributed by atoms with van der Waals surface area (Å²) in [5.41, 5.74) is 0.865. The second kappa shape index (κ2) is 4.24. The molecule has 0 saturated carbocycles. The largest absolute Gasteiger partial charge is 0.493 e. The van der Waals surface area contributed by atoms with E-state index in [1.54, 1.807) is 18.2 Å². The minimum absolute atomic E-state index is 0.0506. The number of ether oxygens (including phenoxy) is 1. The smallest absolute Gasteiger partial charge is 0.209 e. The van der Waals surface area contributed by atoms with Crippen LogP contribution in [0.3, 0.4) is 0 Å². The number of halogens is 1. The Kier molecular flexibility index (Phi) is 3.10. The lowest BCUT2D eigenvalue weighted by Crippen LogP contribution is -2.25. The molecule has 6 heteroatoms. The van der Waals surface area contributed by atoms with E-state index in [2.05, 4.69) is 0 Å². The Morgan fingerprint density at radius 2 is 2.25 bits per heavy atom. The number of fused-ring (bicyclic) bond motifs is 1. The van der Waals surface area contributed by atoms with Crippen LogP contribution in [0.4, 0.5) is 0 Å². The Hall–Kier alpha value is -0.780. The second-order valence-electron chi connectivity index (χ2n) is 3.85. The third-order valence-corrected chi connectivity index (χ3v) is 3.67. The normalized spacial score (nSPS) is 20.0. The first kappa shape index (κ1) is 11.7. The minimum atomic E-state index is -3.47. The maximum Gasteiger partial charge on any atom is 0.209 e. The van der Waals surface area contributed by atoms with Crippen molar-refractivity contribution in [2.24, 2.45) is 5.14 Å². The van der Waals surface area contributed by atoms with Crippen molar-refractivity contribution >= 4 is 21.6 Å². The quantitative estimate of drug-likeness (QED) is 0.877. The maximum atomic E-state index is 11.1. The van der Waals surface area contributed by atoms with Gasteiger partial charge in [0.05, 0.1) is 12.4 Å². The van der Waals surface area contributed by atoms with E-state index in [0.717, 1.165) is 5.56 Å². The minimum Gasteiger partial charge on any atom is -0.493 e. The summed E-state index contributed by atoms with van der Waals surface area (Å²) in [7, 11) is -3.47. The summed E-state index contributed by atoms with van der Waals surface area (Å²) in [6.45, 7) is 0.494. The van der Waals surface area contributed by atoms with Gasteiger partial charge in [-0.25, -0.2) is 13.6 Å². The predicted molar refractivity (Wildman–Crippen MR) is 62.3 cm³/mol. The highest BCUT2D eigenvalue weighted by molar-refractivity contribution is 7.89. The SMILES string of the molecule is NS(=O)(=O)CC1CCOc2cc(Cl)ccc21. The zero-order valence-electron chi connectivity index (χ0n) is 8.52. The Balaban J connectivity index is 2.33. The monoisotopic (exact) mass is 261 g/mol. The van der Waals surface area contributed by atoms with Crippen LogP contribution in [-0.2, 0) is 10.0 Å². The van der Waals surface area contributed by atoms with Crippen LogP contribution < -0.4 is 9.88 Å². The van der Waals surface area contributed by atoms with Crippen LogP contribution in [0.2, 0.25) is 5.02 Å². The zero-order valence-corrected chi connectivity index (χ0v) is 10.1. The summed E-state index contributed by atoms with van der Waals surface area (Å²) in [6, 6.07) is 5.23. The van der Waals surface area contributed by atoms with E-state index >= 15 is 0 Å². The molecule has 1 aromatic rings. The first-order valence-electron chi connectivity index (χ1n) is 4.88. The molecular weight excluding hydrogens is 250 g/mol. The highest BCUT2D eigenvalue weighted by Crippen LogP contribution is 2.35. The van der Waals surface area contributed by atoms with Crippen LogP contribution in [0.25, 0.3) is 0 Å². The lowest BCUT2D eigenvalue weighted by molar-refractivity contribution is 0.272. The molecule has 2 rings (SSSR count). The van der Waals surface area contributed by atoms with Gasteiger partial charge >= 0.3 is 0 Å². The molecule has 0 bridgehead atoms. The highest BCUT2D eigenvalue weighted by Gasteiger charge is 2.25. The van der Waals surface area contributed by atoms with Gasteiger partial charge in [-0.1, -0.05) is 17.7 Å². The fourth-order valence-electron chi connectivity index (χ4n) is 1.89. The molecule has 1 aliphatic rings. The van der Waals surface area contributed by atoms with E-state index in [9.17, 15) is 8.42 Å². The van der Waals surface area contributed by atoms with Gasteiger partial charge in [-0.2, -0.15) is 0 Å². The van der Waals surface area contributed by atoms with Crippen LogP contribution in [0.1, 0.15) is 17.9 Å². The molecule has 1 aliphatic heterocycles. The number of benzene rings is 1. The van der Waals surface area contributed by atoms with Crippen molar-refractivity contribution in [3.8, 4) is 5.75 Å². The van der Waals surface area contributed by atoms with Crippen molar-refractivity contribution in [1.82, 2.24) is 0 Å². The number of hydrogen-bond donors (Lipinski definition) is 1. The van der Waals surface area contributed by atoms with Gasteiger partial charge in [-0.05, 0) is 24.1 Å². The highest BCUT2D eigenvalue weighted by atomic mass is 35.5. The second-order valence-corrected chi connectivity index (χ2v) is 5.94. The van der Waals surface area contributed by atoms with Crippen LogP contribution in [0.15, 0.2) is 18.2 Å². The molecule has 1 unspecified atom stereocenters. The van der Waals surface area contributed by atoms with Crippen molar-refractivity contribution in [3.63, 3.8) is 0 Å². The molecule has 16 heavy (non-hydrogen) atoms. The molecule has 0 spiro atoms. The average molecular weight is 262 g/mol. The molecule has 1 heterocycles. The fourth-order valence-corrected chi connectivity index (χ4v) is 2.96. The van der Waals surface area contributed by atoms with Gasteiger partial charge in [0.15, 0.2) is 0 Å². The van der Waals surface area contributed by atoms with E-state index in [0.29, 0.717) is 23.8 Å². The standard InChI is InChI=1S/C10H12ClNO3S/c11-8-1-2-9-7(6-16(12,13)14)3-4-15-10(9)5-8/h1-2,5,7H,3-4,6H2,(H2,12,13,14). The van der Waals surface area contributed by atoms with Gasteiger partial charge in [0.25, 0.3) is 0 Å². The third kappa shape index (κ3) is 2.66. The first-order valence-corrected chi connectivity index (χ1v) is 6.98. The van der Waals surface area contributed by atoms with Crippen molar-refractivity contribution in [1.29, 1.82) is 0 Å². The molecule has 2 N–H and O–H groups in total. The number of rotatable bonds is 2. The molecule has 0 aromatic heterocycles. The van der Waals surface area contributed by atoms with Crippen LogP contribution >= 0.6 is 11.6 Å². The maximum absolute atomic E-state index is 11.1. The Labute approximate surface area is 99.4 Å². The summed E-state index contributed by atoms with van der Waals surface area (Å²) >= 11 is 5.83. The number of hydrogen-bond acceptors (Lipinski definition) is 3. The lowest BCUT2D eigenvalue weighted by Gasteiger charge is -2.25. The number of primary sulfonamides is 1. The number of sulfonamides is 1. The topological polar surface area (TPSA) is 69.4 Å². The Bertz CT molecular complexity index is 501. The molecule has 1 aromatic carbocycles. The molecule has 0 fully saturated rings. The van der Waals surface area contributed by atoms with E-state index in [1.165, 1.54) is 0 Å². The van der Waals surface area contributed by atoms with E-state index in [1.807, 2.05) is 0 Å². The molecule has 0 saturated heterocycles. The van der Waals surface area contributed by atoms with Crippen molar-refractivity contribution in [2.45, 2.75) is 12.3 Å². The van der Waals surface area contributed by atoms with E-state index in [-0.39, 0.29) is 11.7 Å². The molecule has 0 aliphatic carbocycles. The van der Waals surface area contributed by atoms with Gasteiger partial charge in [0.2, 0.25) is 10.0 Å². The van der Waals surface area contributed by atoms with Crippen molar-refractivity contribution < 1.29 is 13.2 Å². The first-order chi connectivity index (χ1) is 7.46. The van der Waals surface area contributed by atoms with Crippen LogP contribution in [-0.4, -0.2) is 20.8 Å². The Morgan fingerprint density at radius 1 is 1.50 bits per heavy atom. The summed E-state index contributed by atoms with van der Waals surface area (Å²) in [5.74, 6) is 0.508. The van der Waals surface area contributed by atoms with Gasteiger partial charge < -0.3 is 4.74 Å². The Morgan fingerprint density at radius 3 is 2.94 bits per heavy atom. The summed E-state index contributed by atoms with van der Waals surface area (Å²) in [4.78, 5) is 0. The van der Waals surface area contributed by atoms with Crippen LogP contribution in [0.5, 0.6) is 5.75 Å².